The molecule has 2 aromatic carbocycles. The first-order chi connectivity index (χ1) is 17.4. The van der Waals surface area contributed by atoms with Gasteiger partial charge in [0, 0.05) is 5.02 Å². The molecule has 2 aromatic heterocycles. The molecular weight excluding hydrogens is 489 g/mol. The first kappa shape index (κ1) is 25.2. The van der Waals surface area contributed by atoms with Crippen LogP contribution in [0.2, 0.25) is 5.02 Å². The van der Waals surface area contributed by atoms with E-state index in [-0.39, 0.29) is 40.0 Å². The number of benzene rings is 2. The third kappa shape index (κ3) is 4.92. The quantitative estimate of drug-likeness (QED) is 0.282. The molecule has 0 saturated heterocycles. The molecule has 0 spiro atoms. The number of hydrogen-bond acceptors (Lipinski definition) is 8. The molecule has 0 atom stereocenters. The third-order valence-corrected chi connectivity index (χ3v) is 5.94. The standard InChI is InChI=1S/C26H25ClFN3O5/c1-4-5-6-17-20(21-18(34-2)12-11-16(28)24(21)35-3)23(32)22(25(33)29-17)26-31-30-19(36-26)13-14-7-9-15(27)10-8-14/h7-12H,4-6,13H2,1-3H3,(H2,29,32,33). The summed E-state index contributed by atoms with van der Waals surface area (Å²) in [6, 6.07) is 9.78. The molecule has 0 fully saturated rings. The van der Waals surface area contributed by atoms with Gasteiger partial charge in [0.05, 0.1) is 37.5 Å². The average Bonchev–Trinajstić information content (AvgIpc) is 3.31. The van der Waals surface area contributed by atoms with Crippen molar-refractivity contribution in [3.8, 4) is 45.7 Å². The summed E-state index contributed by atoms with van der Waals surface area (Å²) in [5, 5.41) is 30.9. The Bertz CT molecular complexity index is 1380. The van der Waals surface area contributed by atoms with Crippen molar-refractivity contribution in [3.63, 3.8) is 0 Å². The Morgan fingerprint density at radius 2 is 1.72 bits per heavy atom. The average molecular weight is 514 g/mol. The lowest BCUT2D eigenvalue weighted by Crippen LogP contribution is -2.02. The van der Waals surface area contributed by atoms with E-state index in [1.165, 1.54) is 26.4 Å². The van der Waals surface area contributed by atoms with Crippen LogP contribution in [-0.2, 0) is 12.8 Å². The highest BCUT2D eigenvalue weighted by Gasteiger charge is 2.30. The lowest BCUT2D eigenvalue weighted by atomic mass is 9.95. The molecule has 0 bridgehead atoms. The van der Waals surface area contributed by atoms with Crippen molar-refractivity contribution in [2.24, 2.45) is 0 Å². The maximum absolute atomic E-state index is 14.7. The lowest BCUT2D eigenvalue weighted by Gasteiger charge is -2.19. The summed E-state index contributed by atoms with van der Waals surface area (Å²) in [5.41, 5.74) is 1.37. The van der Waals surface area contributed by atoms with Gasteiger partial charge in [0.2, 0.25) is 11.8 Å². The number of rotatable bonds is 9. The number of aromatic hydroxyl groups is 2. The van der Waals surface area contributed by atoms with Gasteiger partial charge in [-0.1, -0.05) is 37.1 Å². The number of ether oxygens (including phenoxy) is 2. The van der Waals surface area contributed by atoms with Crippen LogP contribution in [0.4, 0.5) is 4.39 Å². The number of pyridine rings is 1. The van der Waals surface area contributed by atoms with Crippen molar-refractivity contribution in [2.45, 2.75) is 32.6 Å². The normalized spacial score (nSPS) is 11.0. The number of halogens is 2. The molecular formula is C26H25ClFN3O5. The molecule has 10 heteroatoms. The summed E-state index contributed by atoms with van der Waals surface area (Å²) in [5.74, 6) is -1.30. The highest BCUT2D eigenvalue weighted by Crippen LogP contribution is 2.50. The van der Waals surface area contributed by atoms with Gasteiger partial charge >= 0.3 is 0 Å². The van der Waals surface area contributed by atoms with E-state index in [1.807, 2.05) is 19.1 Å². The SMILES string of the molecule is CCCCc1nc(O)c(-c2nnc(Cc3ccc(Cl)cc3)o2)c(O)c1-c1c(OC)ccc(F)c1OC. The van der Waals surface area contributed by atoms with Crippen LogP contribution in [0.5, 0.6) is 23.1 Å². The summed E-state index contributed by atoms with van der Waals surface area (Å²) >= 11 is 5.94. The van der Waals surface area contributed by atoms with Crippen molar-refractivity contribution in [1.82, 2.24) is 15.2 Å². The molecule has 8 nitrogen and oxygen atoms in total. The van der Waals surface area contributed by atoms with Gasteiger partial charge in [-0.3, -0.25) is 0 Å². The molecule has 0 saturated carbocycles. The van der Waals surface area contributed by atoms with E-state index >= 15 is 0 Å². The van der Waals surface area contributed by atoms with Gasteiger partial charge in [0.15, 0.2) is 11.6 Å². The first-order valence-corrected chi connectivity index (χ1v) is 11.7. The van der Waals surface area contributed by atoms with Crippen LogP contribution in [0, 0.1) is 5.82 Å². The summed E-state index contributed by atoms with van der Waals surface area (Å²) < 4.78 is 31.3. The zero-order chi connectivity index (χ0) is 25.8. The largest absolute Gasteiger partial charge is 0.506 e. The molecule has 0 radical (unpaired) electrons. The van der Waals surface area contributed by atoms with Crippen molar-refractivity contribution in [1.29, 1.82) is 0 Å². The Morgan fingerprint density at radius 3 is 2.39 bits per heavy atom. The molecule has 188 valence electrons. The molecule has 0 aliphatic rings. The number of aryl methyl sites for hydroxylation is 1. The van der Waals surface area contributed by atoms with Crippen LogP contribution in [0.3, 0.4) is 0 Å². The molecule has 4 aromatic rings. The van der Waals surface area contributed by atoms with Gasteiger partial charge in [-0.15, -0.1) is 10.2 Å². The fourth-order valence-electron chi connectivity index (χ4n) is 3.94. The highest BCUT2D eigenvalue weighted by molar-refractivity contribution is 6.30. The topological polar surface area (TPSA) is 111 Å². The van der Waals surface area contributed by atoms with Gasteiger partial charge < -0.3 is 24.1 Å². The van der Waals surface area contributed by atoms with Gasteiger partial charge in [-0.2, -0.15) is 0 Å². The van der Waals surface area contributed by atoms with Gasteiger partial charge in [0.1, 0.15) is 17.1 Å². The molecule has 0 amide bonds. The Kier molecular flexibility index (Phi) is 7.59. The monoisotopic (exact) mass is 513 g/mol. The number of nitrogens with zero attached hydrogens (tertiary/aromatic N) is 3. The predicted octanol–water partition coefficient (Wildman–Crippen LogP) is 5.95. The van der Waals surface area contributed by atoms with Gasteiger partial charge in [0.25, 0.3) is 5.89 Å². The second-order valence-electron chi connectivity index (χ2n) is 8.05. The van der Waals surface area contributed by atoms with Crippen molar-refractivity contribution in [2.75, 3.05) is 14.2 Å². The van der Waals surface area contributed by atoms with E-state index in [2.05, 4.69) is 15.2 Å². The zero-order valence-corrected chi connectivity index (χ0v) is 20.8. The van der Waals surface area contributed by atoms with Crippen LogP contribution >= 0.6 is 11.6 Å². The Morgan fingerprint density at radius 1 is 0.972 bits per heavy atom. The zero-order valence-electron chi connectivity index (χ0n) is 20.0. The minimum atomic E-state index is -0.646. The highest BCUT2D eigenvalue weighted by atomic mass is 35.5. The Hall–Kier alpha value is -3.85. The molecule has 0 aliphatic carbocycles. The second kappa shape index (κ2) is 10.8. The molecule has 0 unspecified atom stereocenters. The predicted molar refractivity (Wildman–Crippen MR) is 132 cm³/mol. The van der Waals surface area contributed by atoms with Gasteiger partial charge in [-0.25, -0.2) is 9.37 Å². The summed E-state index contributed by atoms with van der Waals surface area (Å²) in [7, 11) is 2.74. The summed E-state index contributed by atoms with van der Waals surface area (Å²) in [6.07, 6.45) is 2.26. The smallest absolute Gasteiger partial charge is 0.257 e. The van der Waals surface area contributed by atoms with Crippen LogP contribution in [0.15, 0.2) is 40.8 Å². The van der Waals surface area contributed by atoms with Crippen LogP contribution in [0.1, 0.15) is 36.9 Å². The second-order valence-corrected chi connectivity index (χ2v) is 8.48. The van der Waals surface area contributed by atoms with Crippen LogP contribution in [-0.4, -0.2) is 39.6 Å². The van der Waals surface area contributed by atoms with E-state index < -0.39 is 17.4 Å². The molecule has 2 N–H and O–H groups in total. The number of hydrogen-bond donors (Lipinski definition) is 2. The van der Waals surface area contributed by atoms with E-state index in [0.29, 0.717) is 30.0 Å². The van der Waals surface area contributed by atoms with E-state index in [4.69, 9.17) is 25.5 Å². The number of aromatic nitrogens is 3. The van der Waals surface area contributed by atoms with E-state index in [9.17, 15) is 14.6 Å². The molecule has 36 heavy (non-hydrogen) atoms. The molecule has 2 heterocycles. The Labute approximate surface area is 212 Å². The van der Waals surface area contributed by atoms with Gasteiger partial charge in [-0.05, 0) is 42.7 Å². The fourth-order valence-corrected chi connectivity index (χ4v) is 4.07. The summed E-state index contributed by atoms with van der Waals surface area (Å²) in [6.45, 7) is 2.00. The fraction of sp³-hybridized carbons (Fsp3) is 0.269. The molecule has 4 rings (SSSR count). The Balaban J connectivity index is 1.88. The van der Waals surface area contributed by atoms with E-state index in [1.54, 1.807) is 12.1 Å². The maximum Gasteiger partial charge on any atom is 0.257 e. The van der Waals surface area contributed by atoms with Crippen molar-refractivity contribution >= 4 is 11.6 Å². The first-order valence-electron chi connectivity index (χ1n) is 11.3. The third-order valence-electron chi connectivity index (χ3n) is 5.69. The maximum atomic E-state index is 14.7. The van der Waals surface area contributed by atoms with E-state index in [0.717, 1.165) is 12.0 Å². The minimum absolute atomic E-state index is 0.130. The summed E-state index contributed by atoms with van der Waals surface area (Å²) in [4.78, 5) is 4.33. The van der Waals surface area contributed by atoms with Crippen molar-refractivity contribution < 1.29 is 28.5 Å². The lowest BCUT2D eigenvalue weighted by molar-refractivity contribution is 0.375. The number of unbranched alkanes of at least 4 members (excludes halogenated alkanes) is 1. The van der Waals surface area contributed by atoms with Crippen LogP contribution in [0.25, 0.3) is 22.6 Å². The molecule has 0 aliphatic heterocycles. The van der Waals surface area contributed by atoms with Crippen LogP contribution < -0.4 is 9.47 Å². The number of methoxy groups -OCH3 is 2. The minimum Gasteiger partial charge on any atom is -0.506 e. The van der Waals surface area contributed by atoms with Crippen molar-refractivity contribution in [3.05, 3.63) is 64.4 Å².